The summed E-state index contributed by atoms with van der Waals surface area (Å²) in [6.07, 6.45) is 0.829. The molecule has 0 saturated heterocycles. The number of guanidine groups is 1. The van der Waals surface area contributed by atoms with Gasteiger partial charge in [-0.2, -0.15) is 0 Å². The van der Waals surface area contributed by atoms with Crippen LogP contribution in [-0.4, -0.2) is 37.8 Å². The average Bonchev–Trinajstić information content (AvgIpc) is 3.16. The van der Waals surface area contributed by atoms with E-state index in [2.05, 4.69) is 21.7 Å². The Hall–Kier alpha value is -1.32. The quantitative estimate of drug-likeness (QED) is 0.302. The van der Waals surface area contributed by atoms with Crippen LogP contribution in [0.15, 0.2) is 46.8 Å². The molecule has 0 saturated carbocycles. The van der Waals surface area contributed by atoms with Crippen molar-refractivity contribution in [2.75, 3.05) is 26.7 Å². The van der Waals surface area contributed by atoms with Crippen molar-refractivity contribution in [2.24, 2.45) is 4.99 Å². The number of aliphatic imine (C=N–C) groups is 1. The van der Waals surface area contributed by atoms with E-state index in [-0.39, 0.29) is 24.0 Å². The van der Waals surface area contributed by atoms with Gasteiger partial charge in [-0.3, -0.25) is 0 Å². The van der Waals surface area contributed by atoms with Crippen molar-refractivity contribution >= 4 is 41.3 Å². The first-order valence-corrected chi connectivity index (χ1v) is 9.35. The van der Waals surface area contributed by atoms with Crippen LogP contribution in [0.25, 0.3) is 0 Å². The molecular weight excluding hydrogens is 461 g/mol. The predicted octanol–water partition coefficient (Wildman–Crippen LogP) is 3.38. The minimum Gasteiger partial charge on any atom is -0.496 e. The number of nitrogens with zero attached hydrogens (tertiary/aromatic N) is 1. The van der Waals surface area contributed by atoms with Gasteiger partial charge in [0.1, 0.15) is 11.4 Å². The molecule has 3 N–H and O–H groups in total. The lowest BCUT2D eigenvalue weighted by Gasteiger charge is -2.20. The number of rotatable bonds is 8. The number of halogens is 1. The maximum Gasteiger partial charge on any atom is 0.191 e. The second kappa shape index (κ2) is 11.4. The average molecular weight is 489 g/mol. The summed E-state index contributed by atoms with van der Waals surface area (Å²) in [5.74, 6) is 1.60. The van der Waals surface area contributed by atoms with Crippen molar-refractivity contribution in [3.05, 3.63) is 52.2 Å². The summed E-state index contributed by atoms with van der Waals surface area (Å²) in [6.45, 7) is 5.61. The van der Waals surface area contributed by atoms with E-state index in [9.17, 15) is 5.11 Å². The zero-order valence-electron chi connectivity index (χ0n) is 15.5. The number of hydrogen-bond acceptors (Lipinski definition) is 4. The summed E-state index contributed by atoms with van der Waals surface area (Å²) in [5.41, 5.74) is 0.193. The Morgan fingerprint density at radius 1 is 1.23 bits per heavy atom. The first-order valence-electron chi connectivity index (χ1n) is 8.47. The summed E-state index contributed by atoms with van der Waals surface area (Å²) in [7, 11) is 1.68. The SMILES string of the molecule is CCNC(=NCC(C)(O)c1cccs1)NCCc1ccccc1OC.I. The van der Waals surface area contributed by atoms with Gasteiger partial charge in [-0.1, -0.05) is 24.3 Å². The van der Waals surface area contributed by atoms with E-state index in [0.29, 0.717) is 12.5 Å². The lowest BCUT2D eigenvalue weighted by Crippen LogP contribution is -2.39. The first kappa shape index (κ1) is 22.7. The van der Waals surface area contributed by atoms with E-state index in [4.69, 9.17) is 4.74 Å². The van der Waals surface area contributed by atoms with Gasteiger partial charge in [0.05, 0.1) is 13.7 Å². The number of methoxy groups -OCH3 is 1. The van der Waals surface area contributed by atoms with Crippen molar-refractivity contribution in [2.45, 2.75) is 25.9 Å². The second-order valence-corrected chi connectivity index (χ2v) is 6.88. The number of hydrogen-bond donors (Lipinski definition) is 3. The Morgan fingerprint density at radius 2 is 2.00 bits per heavy atom. The fraction of sp³-hybridized carbons (Fsp3) is 0.421. The highest BCUT2D eigenvalue weighted by atomic mass is 127. The van der Waals surface area contributed by atoms with E-state index in [1.807, 2.05) is 42.6 Å². The van der Waals surface area contributed by atoms with Crippen LogP contribution >= 0.6 is 35.3 Å². The summed E-state index contributed by atoms with van der Waals surface area (Å²) in [4.78, 5) is 5.45. The Labute approximate surface area is 176 Å². The molecule has 1 atom stereocenters. The standard InChI is InChI=1S/C19H27N3O2S.HI/c1-4-20-18(22-14-19(2,23)17-10-7-13-25-17)21-12-11-15-8-5-6-9-16(15)24-3;/h5-10,13,23H,4,11-12,14H2,1-3H3,(H2,20,21,22);1H. The maximum absolute atomic E-state index is 10.6. The fourth-order valence-electron chi connectivity index (χ4n) is 2.46. The minimum atomic E-state index is -0.959. The van der Waals surface area contributed by atoms with E-state index < -0.39 is 5.60 Å². The van der Waals surface area contributed by atoms with Gasteiger partial charge in [-0.05, 0) is 43.3 Å². The summed E-state index contributed by atoms with van der Waals surface area (Å²) in [6, 6.07) is 11.9. The molecule has 1 heterocycles. The van der Waals surface area contributed by atoms with Crippen molar-refractivity contribution in [1.82, 2.24) is 10.6 Å². The lowest BCUT2D eigenvalue weighted by atomic mass is 10.1. The zero-order chi connectivity index (χ0) is 18.1. The van der Waals surface area contributed by atoms with Crippen molar-refractivity contribution in [3.8, 4) is 5.75 Å². The molecule has 0 bridgehead atoms. The Balaban J connectivity index is 0.00000338. The molecule has 26 heavy (non-hydrogen) atoms. The normalized spacial score (nSPS) is 13.5. The Bertz CT molecular complexity index is 675. The molecular formula is C19H28IN3O2S. The molecule has 0 aliphatic carbocycles. The molecule has 0 fully saturated rings. The van der Waals surface area contributed by atoms with Crippen LogP contribution in [0.4, 0.5) is 0 Å². The number of aliphatic hydroxyl groups is 1. The lowest BCUT2D eigenvalue weighted by molar-refractivity contribution is 0.0711. The van der Waals surface area contributed by atoms with E-state index in [1.54, 1.807) is 25.4 Å². The van der Waals surface area contributed by atoms with Crippen LogP contribution in [0.5, 0.6) is 5.75 Å². The van der Waals surface area contributed by atoms with Crippen molar-refractivity contribution < 1.29 is 9.84 Å². The Kier molecular flexibility index (Phi) is 9.97. The van der Waals surface area contributed by atoms with Crippen LogP contribution in [0.3, 0.4) is 0 Å². The van der Waals surface area contributed by atoms with Gasteiger partial charge in [0.2, 0.25) is 0 Å². The van der Waals surface area contributed by atoms with Gasteiger partial charge >= 0.3 is 0 Å². The molecule has 0 aliphatic rings. The van der Waals surface area contributed by atoms with Gasteiger partial charge < -0.3 is 20.5 Å². The summed E-state index contributed by atoms with van der Waals surface area (Å²) >= 11 is 1.54. The molecule has 2 aromatic rings. The van der Waals surface area contributed by atoms with E-state index in [1.165, 1.54) is 0 Å². The molecule has 0 radical (unpaired) electrons. The smallest absolute Gasteiger partial charge is 0.191 e. The van der Waals surface area contributed by atoms with Crippen LogP contribution in [0, 0.1) is 0 Å². The molecule has 2 rings (SSSR count). The molecule has 0 amide bonds. The molecule has 0 spiro atoms. The van der Waals surface area contributed by atoms with E-state index in [0.717, 1.165) is 35.7 Å². The third kappa shape index (κ3) is 6.77. The Morgan fingerprint density at radius 3 is 2.65 bits per heavy atom. The zero-order valence-corrected chi connectivity index (χ0v) is 18.6. The summed E-state index contributed by atoms with van der Waals surface area (Å²) in [5, 5.41) is 19.1. The first-order chi connectivity index (χ1) is 12.1. The van der Waals surface area contributed by atoms with Gasteiger partial charge in [-0.15, -0.1) is 35.3 Å². The molecule has 0 aliphatic heterocycles. The monoisotopic (exact) mass is 489 g/mol. The molecule has 1 aromatic carbocycles. The predicted molar refractivity (Wildman–Crippen MR) is 120 cm³/mol. The molecule has 7 heteroatoms. The maximum atomic E-state index is 10.6. The van der Waals surface area contributed by atoms with Crippen LogP contribution < -0.4 is 15.4 Å². The van der Waals surface area contributed by atoms with Crippen LogP contribution in [-0.2, 0) is 12.0 Å². The molecule has 5 nitrogen and oxygen atoms in total. The van der Waals surface area contributed by atoms with Gasteiger partial charge in [0.25, 0.3) is 0 Å². The number of nitrogens with one attached hydrogen (secondary N) is 2. The third-order valence-electron chi connectivity index (χ3n) is 3.82. The number of para-hydroxylation sites is 1. The van der Waals surface area contributed by atoms with E-state index >= 15 is 0 Å². The van der Waals surface area contributed by atoms with Gasteiger partial charge in [-0.25, -0.2) is 4.99 Å². The van der Waals surface area contributed by atoms with Gasteiger partial charge in [0.15, 0.2) is 5.96 Å². The second-order valence-electron chi connectivity index (χ2n) is 5.93. The van der Waals surface area contributed by atoms with Crippen LogP contribution in [0.1, 0.15) is 24.3 Å². The third-order valence-corrected chi connectivity index (χ3v) is 4.94. The topological polar surface area (TPSA) is 65.9 Å². The number of ether oxygens (including phenoxy) is 1. The van der Waals surface area contributed by atoms with Gasteiger partial charge in [0, 0.05) is 18.0 Å². The number of benzene rings is 1. The molecule has 144 valence electrons. The highest BCUT2D eigenvalue weighted by molar-refractivity contribution is 14.0. The van der Waals surface area contributed by atoms with Crippen molar-refractivity contribution in [1.29, 1.82) is 0 Å². The van der Waals surface area contributed by atoms with Crippen LogP contribution in [0.2, 0.25) is 0 Å². The minimum absolute atomic E-state index is 0. The molecule has 1 aromatic heterocycles. The fourth-order valence-corrected chi connectivity index (χ4v) is 3.24. The highest BCUT2D eigenvalue weighted by Crippen LogP contribution is 2.25. The largest absolute Gasteiger partial charge is 0.496 e. The highest BCUT2D eigenvalue weighted by Gasteiger charge is 2.23. The van der Waals surface area contributed by atoms with Crippen molar-refractivity contribution in [3.63, 3.8) is 0 Å². The number of thiophene rings is 1. The summed E-state index contributed by atoms with van der Waals surface area (Å²) < 4.78 is 5.38. The molecule has 1 unspecified atom stereocenters.